The molecule has 11 heteroatoms. The van der Waals surface area contributed by atoms with Crippen LogP contribution in [0.4, 0.5) is 10.1 Å². The lowest BCUT2D eigenvalue weighted by atomic mass is 10.0. The molecule has 0 bridgehead atoms. The molecule has 7 nitrogen and oxygen atoms in total. The highest BCUT2D eigenvalue weighted by atomic mass is 35.5. The average molecular weight is 609 g/mol. The number of rotatable bonds is 10. The standard InChI is InChI=1S/C29H32Cl2FN3O4S/c1-29(2,3)33-28(37)26(16-20-10-6-5-7-11-20)34(18-23-24(30)14-9-15-25(23)31)27(36)19-35(40(4,38)39)22-13-8-12-21(32)17-22/h5-15,17,26H,16,18-19H2,1-4H3,(H,33,37). The van der Waals surface area contributed by atoms with Crippen LogP contribution in [0, 0.1) is 5.82 Å². The first kappa shape index (κ1) is 31.4. The van der Waals surface area contributed by atoms with Crippen molar-refractivity contribution in [2.45, 2.75) is 45.3 Å². The maximum absolute atomic E-state index is 14.0. The zero-order valence-corrected chi connectivity index (χ0v) is 25.0. The van der Waals surface area contributed by atoms with E-state index in [1.807, 2.05) is 51.1 Å². The second-order valence-electron chi connectivity index (χ2n) is 10.4. The number of carbonyl (C=O) groups is 2. The van der Waals surface area contributed by atoms with Gasteiger partial charge in [0.2, 0.25) is 21.8 Å². The first-order valence-corrected chi connectivity index (χ1v) is 15.1. The van der Waals surface area contributed by atoms with Crippen LogP contribution in [0.5, 0.6) is 0 Å². The third kappa shape index (κ3) is 8.68. The van der Waals surface area contributed by atoms with Crippen LogP contribution < -0.4 is 9.62 Å². The molecular formula is C29H32Cl2FN3O4S. The van der Waals surface area contributed by atoms with Crippen LogP contribution in [0.25, 0.3) is 0 Å². The van der Waals surface area contributed by atoms with Crippen molar-refractivity contribution in [2.24, 2.45) is 0 Å². The third-order valence-corrected chi connectivity index (χ3v) is 7.78. The van der Waals surface area contributed by atoms with Gasteiger partial charge in [-0.3, -0.25) is 13.9 Å². The van der Waals surface area contributed by atoms with Gasteiger partial charge in [0.15, 0.2) is 0 Å². The van der Waals surface area contributed by atoms with Crippen molar-refractivity contribution < 1.29 is 22.4 Å². The monoisotopic (exact) mass is 607 g/mol. The minimum absolute atomic E-state index is 0.0228. The maximum Gasteiger partial charge on any atom is 0.244 e. The van der Waals surface area contributed by atoms with Gasteiger partial charge in [0, 0.05) is 34.1 Å². The second kappa shape index (κ2) is 13.0. The van der Waals surface area contributed by atoms with Crippen LogP contribution in [0.2, 0.25) is 10.0 Å². The van der Waals surface area contributed by atoms with Crippen molar-refractivity contribution in [2.75, 3.05) is 17.1 Å². The molecule has 0 aromatic heterocycles. The molecule has 0 fully saturated rings. The summed E-state index contributed by atoms with van der Waals surface area (Å²) in [5, 5.41) is 3.50. The molecule has 214 valence electrons. The molecule has 3 rings (SSSR count). The van der Waals surface area contributed by atoms with Crippen molar-refractivity contribution in [3.63, 3.8) is 0 Å². The molecule has 1 N–H and O–H groups in total. The average Bonchev–Trinajstić information content (AvgIpc) is 2.85. The first-order chi connectivity index (χ1) is 18.7. The van der Waals surface area contributed by atoms with E-state index in [1.54, 1.807) is 18.2 Å². The Labute approximate surface area is 244 Å². The lowest BCUT2D eigenvalue weighted by Gasteiger charge is -2.35. The van der Waals surface area contributed by atoms with E-state index in [0.29, 0.717) is 5.56 Å². The summed E-state index contributed by atoms with van der Waals surface area (Å²) in [7, 11) is -4.02. The quantitative estimate of drug-likeness (QED) is 0.332. The molecule has 0 heterocycles. The lowest BCUT2D eigenvalue weighted by molar-refractivity contribution is -0.140. The molecule has 0 aliphatic heterocycles. The van der Waals surface area contributed by atoms with Gasteiger partial charge in [0.1, 0.15) is 18.4 Å². The van der Waals surface area contributed by atoms with Gasteiger partial charge in [0.05, 0.1) is 11.9 Å². The SMILES string of the molecule is CC(C)(C)NC(=O)C(Cc1ccccc1)N(Cc1c(Cl)cccc1Cl)C(=O)CN(c1cccc(F)c1)S(C)(=O)=O. The fourth-order valence-corrected chi connectivity index (χ4v) is 5.46. The summed E-state index contributed by atoms with van der Waals surface area (Å²) in [6.45, 7) is 4.59. The summed E-state index contributed by atoms with van der Waals surface area (Å²) in [5.41, 5.74) is 0.538. The van der Waals surface area contributed by atoms with Crippen LogP contribution in [-0.2, 0) is 32.6 Å². The highest BCUT2D eigenvalue weighted by Gasteiger charge is 2.35. The molecule has 0 aliphatic carbocycles. The molecular weight excluding hydrogens is 576 g/mol. The van der Waals surface area contributed by atoms with E-state index in [9.17, 15) is 22.4 Å². The number of amides is 2. The Morgan fingerprint density at radius 3 is 2.10 bits per heavy atom. The Morgan fingerprint density at radius 1 is 0.950 bits per heavy atom. The van der Waals surface area contributed by atoms with E-state index in [4.69, 9.17) is 23.2 Å². The fourth-order valence-electron chi connectivity index (χ4n) is 4.11. The summed E-state index contributed by atoms with van der Waals surface area (Å²) in [5.74, 6) is -1.80. The largest absolute Gasteiger partial charge is 0.350 e. The zero-order chi connectivity index (χ0) is 29.7. The minimum atomic E-state index is -4.02. The number of hydrogen-bond acceptors (Lipinski definition) is 4. The van der Waals surface area contributed by atoms with Gasteiger partial charge in [-0.05, 0) is 56.7 Å². The Hall–Kier alpha value is -3.14. The molecule has 1 atom stereocenters. The zero-order valence-electron chi connectivity index (χ0n) is 22.7. The van der Waals surface area contributed by atoms with E-state index >= 15 is 0 Å². The Kier molecular flexibility index (Phi) is 10.2. The highest BCUT2D eigenvalue weighted by Crippen LogP contribution is 2.28. The number of halogens is 3. The lowest BCUT2D eigenvalue weighted by Crippen LogP contribution is -2.56. The van der Waals surface area contributed by atoms with E-state index in [2.05, 4.69) is 5.32 Å². The van der Waals surface area contributed by atoms with Crippen LogP contribution in [-0.4, -0.2) is 49.5 Å². The van der Waals surface area contributed by atoms with Crippen LogP contribution >= 0.6 is 23.2 Å². The number of benzene rings is 3. The Morgan fingerprint density at radius 2 is 1.55 bits per heavy atom. The molecule has 40 heavy (non-hydrogen) atoms. The maximum atomic E-state index is 14.0. The molecule has 0 radical (unpaired) electrons. The third-order valence-electron chi connectivity index (χ3n) is 5.93. The Balaban J connectivity index is 2.12. The molecule has 0 aliphatic rings. The predicted octanol–water partition coefficient (Wildman–Crippen LogP) is 5.45. The molecule has 3 aromatic rings. The minimum Gasteiger partial charge on any atom is -0.350 e. The van der Waals surface area contributed by atoms with E-state index < -0.39 is 45.8 Å². The number of carbonyl (C=O) groups excluding carboxylic acids is 2. The number of anilines is 1. The molecule has 0 saturated heterocycles. The van der Waals surface area contributed by atoms with Gasteiger partial charge in [-0.1, -0.05) is 65.7 Å². The molecule has 0 spiro atoms. The second-order valence-corrected chi connectivity index (χ2v) is 13.1. The summed E-state index contributed by atoms with van der Waals surface area (Å²) >= 11 is 12.9. The van der Waals surface area contributed by atoms with Crippen molar-refractivity contribution in [1.82, 2.24) is 10.2 Å². The van der Waals surface area contributed by atoms with Gasteiger partial charge in [-0.2, -0.15) is 0 Å². The van der Waals surface area contributed by atoms with E-state index in [0.717, 1.165) is 22.2 Å². The molecule has 1 unspecified atom stereocenters. The van der Waals surface area contributed by atoms with Crippen LogP contribution in [0.15, 0.2) is 72.8 Å². The predicted molar refractivity (Wildman–Crippen MR) is 157 cm³/mol. The highest BCUT2D eigenvalue weighted by molar-refractivity contribution is 7.92. The van der Waals surface area contributed by atoms with Gasteiger partial charge in [-0.15, -0.1) is 0 Å². The summed E-state index contributed by atoms with van der Waals surface area (Å²) in [6.07, 6.45) is 1.06. The Bertz CT molecular complexity index is 1440. The molecule has 0 saturated carbocycles. The van der Waals surface area contributed by atoms with E-state index in [-0.39, 0.29) is 28.7 Å². The summed E-state index contributed by atoms with van der Waals surface area (Å²) < 4.78 is 40.4. The topological polar surface area (TPSA) is 86.8 Å². The van der Waals surface area contributed by atoms with E-state index in [1.165, 1.54) is 23.1 Å². The van der Waals surface area contributed by atoms with Crippen molar-refractivity contribution >= 4 is 50.7 Å². The van der Waals surface area contributed by atoms with Gasteiger partial charge in [0.25, 0.3) is 0 Å². The number of nitrogens with zero attached hydrogens (tertiary/aromatic N) is 2. The smallest absolute Gasteiger partial charge is 0.244 e. The first-order valence-electron chi connectivity index (χ1n) is 12.5. The van der Waals surface area contributed by atoms with Crippen molar-refractivity contribution in [1.29, 1.82) is 0 Å². The molecule has 3 aromatic carbocycles. The van der Waals surface area contributed by atoms with Gasteiger partial charge in [-0.25, -0.2) is 12.8 Å². The molecule has 2 amide bonds. The van der Waals surface area contributed by atoms with Crippen molar-refractivity contribution in [3.8, 4) is 0 Å². The number of hydrogen-bond donors (Lipinski definition) is 1. The number of sulfonamides is 1. The van der Waals surface area contributed by atoms with Crippen LogP contribution in [0.1, 0.15) is 31.9 Å². The summed E-state index contributed by atoms with van der Waals surface area (Å²) in [4.78, 5) is 29.0. The summed E-state index contributed by atoms with van der Waals surface area (Å²) in [6, 6.07) is 17.9. The van der Waals surface area contributed by atoms with Crippen LogP contribution in [0.3, 0.4) is 0 Å². The number of nitrogens with one attached hydrogen (secondary N) is 1. The fraction of sp³-hybridized carbons (Fsp3) is 0.310. The normalized spacial score (nSPS) is 12.5. The van der Waals surface area contributed by atoms with Gasteiger partial charge >= 0.3 is 0 Å². The van der Waals surface area contributed by atoms with Crippen molar-refractivity contribution in [3.05, 3.63) is 99.8 Å². The van der Waals surface area contributed by atoms with Gasteiger partial charge < -0.3 is 10.2 Å².